The molecule has 0 spiro atoms. The topological polar surface area (TPSA) is 74.8 Å². The van der Waals surface area contributed by atoms with Crippen molar-refractivity contribution in [2.75, 3.05) is 5.32 Å². The van der Waals surface area contributed by atoms with E-state index in [1.165, 1.54) is 5.56 Å². The Morgan fingerprint density at radius 1 is 1.12 bits per heavy atom. The summed E-state index contributed by atoms with van der Waals surface area (Å²) in [6.07, 6.45) is 2.23. The molecule has 0 radical (unpaired) electrons. The van der Waals surface area contributed by atoms with Gasteiger partial charge in [0.2, 0.25) is 0 Å². The van der Waals surface area contributed by atoms with Gasteiger partial charge >= 0.3 is 0 Å². The predicted molar refractivity (Wildman–Crippen MR) is 132 cm³/mol. The minimum absolute atomic E-state index is 0.116. The van der Waals surface area contributed by atoms with Crippen molar-refractivity contribution in [2.45, 2.75) is 83.0 Å². The standard InChI is InChI=1S/C26H33N3O2S/c1-7-15(4)32-25-28-23-22(24(31)29-25)20(17-10-8-16(9-11-17)14(2)3)21-18(27-23)12-26(5,6)13-19(21)30/h8-11,14-15,20H,7,12-13H2,1-6H3,(H2,27,28,29,31). The predicted octanol–water partition coefficient (Wildman–Crippen LogP) is 5.98. The summed E-state index contributed by atoms with van der Waals surface area (Å²) in [4.78, 5) is 34.5. The lowest BCUT2D eigenvalue weighted by Crippen LogP contribution is -2.37. The van der Waals surface area contributed by atoms with Gasteiger partial charge in [-0.25, -0.2) is 4.98 Å². The molecule has 0 bridgehead atoms. The molecule has 4 rings (SSSR count). The van der Waals surface area contributed by atoms with Crippen LogP contribution in [0.5, 0.6) is 0 Å². The van der Waals surface area contributed by atoms with E-state index in [1.807, 2.05) is 0 Å². The van der Waals surface area contributed by atoms with E-state index in [1.54, 1.807) is 11.8 Å². The normalized spacial score (nSPS) is 20.6. The highest BCUT2D eigenvalue weighted by Crippen LogP contribution is 2.47. The molecule has 6 heteroatoms. The summed E-state index contributed by atoms with van der Waals surface area (Å²) in [5.74, 6) is 0.720. The maximum Gasteiger partial charge on any atom is 0.257 e. The molecule has 1 aromatic carbocycles. The van der Waals surface area contributed by atoms with Gasteiger partial charge in [0, 0.05) is 28.9 Å². The van der Waals surface area contributed by atoms with E-state index >= 15 is 0 Å². The molecule has 2 aromatic rings. The minimum Gasteiger partial charge on any atom is -0.343 e. The van der Waals surface area contributed by atoms with Crippen LogP contribution in [0, 0.1) is 5.41 Å². The molecule has 2 aliphatic rings. The molecular weight excluding hydrogens is 418 g/mol. The summed E-state index contributed by atoms with van der Waals surface area (Å²) in [6, 6.07) is 8.34. The Morgan fingerprint density at radius 2 is 1.81 bits per heavy atom. The van der Waals surface area contributed by atoms with Crippen LogP contribution in [0.1, 0.15) is 89.3 Å². The number of nitrogens with zero attached hydrogens (tertiary/aromatic N) is 1. The number of allylic oxidation sites excluding steroid dienone is 2. The van der Waals surface area contributed by atoms with Crippen molar-refractivity contribution in [1.29, 1.82) is 0 Å². The number of nitrogens with one attached hydrogen (secondary N) is 2. The number of H-pyrrole nitrogens is 1. The SMILES string of the molecule is CCC(C)Sc1nc2c(c(=O)[nH]1)C(c1ccc(C(C)C)cc1)C1=C(CC(C)(C)CC1=O)N2. The van der Waals surface area contributed by atoms with E-state index < -0.39 is 5.92 Å². The Kier molecular flexibility index (Phi) is 6.10. The smallest absolute Gasteiger partial charge is 0.257 e. The first-order chi connectivity index (χ1) is 15.1. The highest BCUT2D eigenvalue weighted by atomic mass is 32.2. The lowest BCUT2D eigenvalue weighted by Gasteiger charge is -2.38. The number of hydrogen-bond acceptors (Lipinski definition) is 5. The molecule has 2 unspecified atom stereocenters. The molecule has 1 aromatic heterocycles. The van der Waals surface area contributed by atoms with Crippen LogP contribution < -0.4 is 10.9 Å². The van der Waals surface area contributed by atoms with Gasteiger partial charge in [0.1, 0.15) is 5.82 Å². The number of carbonyl (C=O) groups is 1. The Balaban J connectivity index is 1.88. The van der Waals surface area contributed by atoms with Gasteiger partial charge in [0.25, 0.3) is 5.56 Å². The molecule has 0 fully saturated rings. The number of hydrogen-bond donors (Lipinski definition) is 2. The Morgan fingerprint density at radius 3 is 2.44 bits per heavy atom. The first-order valence-electron chi connectivity index (χ1n) is 11.5. The third-order valence-electron chi connectivity index (χ3n) is 6.52. The molecule has 1 aliphatic carbocycles. The molecule has 0 saturated carbocycles. The molecule has 0 amide bonds. The van der Waals surface area contributed by atoms with E-state index in [-0.39, 0.29) is 16.8 Å². The van der Waals surface area contributed by atoms with Gasteiger partial charge in [0.05, 0.1) is 5.56 Å². The van der Waals surface area contributed by atoms with Gasteiger partial charge in [-0.1, -0.05) is 77.6 Å². The third-order valence-corrected chi connectivity index (χ3v) is 7.68. The summed E-state index contributed by atoms with van der Waals surface area (Å²) in [6.45, 7) is 12.8. The van der Waals surface area contributed by atoms with Crippen LogP contribution in [0.25, 0.3) is 0 Å². The zero-order valence-electron chi connectivity index (χ0n) is 19.8. The second-order valence-electron chi connectivity index (χ2n) is 10.2. The van der Waals surface area contributed by atoms with Crippen molar-refractivity contribution in [3.8, 4) is 0 Å². The number of ketones is 1. The van der Waals surface area contributed by atoms with Crippen molar-refractivity contribution in [3.05, 3.63) is 62.6 Å². The fourth-order valence-corrected chi connectivity index (χ4v) is 5.47. The summed E-state index contributed by atoms with van der Waals surface area (Å²) in [7, 11) is 0. The molecule has 1 aliphatic heterocycles. The molecule has 32 heavy (non-hydrogen) atoms. The van der Waals surface area contributed by atoms with Gasteiger partial charge < -0.3 is 10.3 Å². The Bertz CT molecular complexity index is 1130. The fraction of sp³-hybridized carbons (Fsp3) is 0.500. The average molecular weight is 452 g/mol. The largest absolute Gasteiger partial charge is 0.343 e. The second kappa shape index (κ2) is 8.54. The van der Waals surface area contributed by atoms with E-state index in [0.29, 0.717) is 34.1 Å². The van der Waals surface area contributed by atoms with Gasteiger partial charge in [-0.05, 0) is 35.3 Å². The van der Waals surface area contributed by atoms with Crippen LogP contribution in [0.4, 0.5) is 5.82 Å². The highest BCUT2D eigenvalue weighted by molar-refractivity contribution is 7.99. The molecule has 170 valence electrons. The van der Waals surface area contributed by atoms with Crippen LogP contribution >= 0.6 is 11.8 Å². The van der Waals surface area contributed by atoms with Gasteiger partial charge in [-0.2, -0.15) is 0 Å². The van der Waals surface area contributed by atoms with Crippen molar-refractivity contribution < 1.29 is 4.79 Å². The number of thioether (sulfide) groups is 1. The fourth-order valence-electron chi connectivity index (χ4n) is 4.63. The molecule has 2 atom stereocenters. The number of aromatic amines is 1. The molecule has 2 N–H and O–H groups in total. The summed E-state index contributed by atoms with van der Waals surface area (Å²) in [5.41, 5.74) is 4.09. The monoisotopic (exact) mass is 451 g/mol. The van der Waals surface area contributed by atoms with Crippen LogP contribution in [0.2, 0.25) is 0 Å². The summed E-state index contributed by atoms with van der Waals surface area (Å²) >= 11 is 1.57. The zero-order valence-corrected chi connectivity index (χ0v) is 20.7. The maximum atomic E-state index is 13.3. The Labute approximate surface area is 194 Å². The van der Waals surface area contributed by atoms with E-state index in [0.717, 1.165) is 29.7 Å². The second-order valence-corrected chi connectivity index (χ2v) is 11.6. The zero-order chi connectivity index (χ0) is 23.2. The third kappa shape index (κ3) is 4.29. The maximum absolute atomic E-state index is 13.3. The van der Waals surface area contributed by atoms with E-state index in [2.05, 4.69) is 76.1 Å². The number of aromatic nitrogens is 2. The molecule has 5 nitrogen and oxygen atoms in total. The first kappa shape index (κ1) is 22.8. The number of rotatable bonds is 5. The molecular formula is C26H33N3O2S. The molecule has 2 heterocycles. The number of benzene rings is 1. The highest BCUT2D eigenvalue weighted by Gasteiger charge is 2.42. The van der Waals surface area contributed by atoms with Crippen molar-refractivity contribution >= 4 is 23.4 Å². The van der Waals surface area contributed by atoms with E-state index in [9.17, 15) is 9.59 Å². The molecule has 0 saturated heterocycles. The van der Waals surface area contributed by atoms with Crippen LogP contribution in [0.3, 0.4) is 0 Å². The van der Waals surface area contributed by atoms with Gasteiger partial charge in [-0.15, -0.1) is 0 Å². The average Bonchev–Trinajstić information content (AvgIpc) is 2.71. The van der Waals surface area contributed by atoms with Gasteiger partial charge in [-0.3, -0.25) is 9.59 Å². The summed E-state index contributed by atoms with van der Waals surface area (Å²) in [5, 5.41) is 4.37. The number of anilines is 1. The first-order valence-corrected chi connectivity index (χ1v) is 12.4. The van der Waals surface area contributed by atoms with Crippen LogP contribution in [-0.2, 0) is 4.79 Å². The number of fused-ring (bicyclic) bond motifs is 1. The summed E-state index contributed by atoms with van der Waals surface area (Å²) < 4.78 is 0. The van der Waals surface area contributed by atoms with Crippen molar-refractivity contribution in [2.24, 2.45) is 5.41 Å². The van der Waals surface area contributed by atoms with Crippen LogP contribution in [-0.4, -0.2) is 21.0 Å². The van der Waals surface area contributed by atoms with Crippen molar-refractivity contribution in [1.82, 2.24) is 9.97 Å². The lowest BCUT2D eigenvalue weighted by atomic mass is 9.69. The van der Waals surface area contributed by atoms with Crippen molar-refractivity contribution in [3.63, 3.8) is 0 Å². The quantitative estimate of drug-likeness (QED) is 0.432. The number of carbonyl (C=O) groups excluding carboxylic acids is 1. The van der Waals surface area contributed by atoms with Crippen LogP contribution in [0.15, 0.2) is 45.5 Å². The van der Waals surface area contributed by atoms with E-state index in [4.69, 9.17) is 4.98 Å². The minimum atomic E-state index is -0.398. The Hall–Kier alpha value is -2.34. The van der Waals surface area contributed by atoms with Gasteiger partial charge in [0.15, 0.2) is 10.9 Å². The number of Topliss-reactive ketones (excluding diaryl/α,β-unsaturated/α-hetero) is 1. The lowest BCUT2D eigenvalue weighted by molar-refractivity contribution is -0.118.